The van der Waals surface area contributed by atoms with Crippen molar-refractivity contribution >= 4 is 34.5 Å². The van der Waals surface area contributed by atoms with Crippen molar-refractivity contribution in [3.05, 3.63) is 69.7 Å². The second kappa shape index (κ2) is 10.5. The largest absolute Gasteiger partial charge is 0.454 e. The van der Waals surface area contributed by atoms with Gasteiger partial charge in [0, 0.05) is 29.7 Å². The topological polar surface area (TPSA) is 148 Å². The van der Waals surface area contributed by atoms with E-state index in [2.05, 4.69) is 20.9 Å². The third-order valence-corrected chi connectivity index (χ3v) is 6.80. The van der Waals surface area contributed by atoms with E-state index in [1.54, 1.807) is 12.3 Å². The summed E-state index contributed by atoms with van der Waals surface area (Å²) in [5, 5.41) is 21.2. The average Bonchev–Trinajstić information content (AvgIpc) is 3.53. The molecule has 2 aliphatic rings. The number of H-pyrrole nitrogens is 1. The lowest BCUT2D eigenvalue weighted by Gasteiger charge is -2.36. The van der Waals surface area contributed by atoms with Gasteiger partial charge in [-0.25, -0.2) is 4.39 Å². The van der Waals surface area contributed by atoms with Crippen LogP contribution in [0.25, 0.3) is 17.0 Å². The summed E-state index contributed by atoms with van der Waals surface area (Å²) in [7, 11) is 0. The van der Waals surface area contributed by atoms with E-state index in [1.807, 2.05) is 0 Å². The Bertz CT molecular complexity index is 1430. The van der Waals surface area contributed by atoms with Crippen molar-refractivity contribution in [3.63, 3.8) is 0 Å². The van der Waals surface area contributed by atoms with Gasteiger partial charge < -0.3 is 30.4 Å². The Morgan fingerprint density at radius 3 is 2.68 bits per heavy atom. The summed E-state index contributed by atoms with van der Waals surface area (Å²) in [4.78, 5) is 40.2. The number of aromatic nitrogens is 1. The van der Waals surface area contributed by atoms with E-state index < -0.39 is 16.4 Å². The van der Waals surface area contributed by atoms with Crippen LogP contribution in [0, 0.1) is 15.9 Å². The highest BCUT2D eigenvalue weighted by Gasteiger charge is 2.40. The molecule has 0 bridgehead atoms. The fourth-order valence-electron chi connectivity index (χ4n) is 4.78. The third-order valence-electron chi connectivity index (χ3n) is 6.80. The van der Waals surface area contributed by atoms with Crippen LogP contribution in [0.3, 0.4) is 0 Å². The summed E-state index contributed by atoms with van der Waals surface area (Å²) in [6.07, 6.45) is 5.51. The molecule has 1 saturated heterocycles. The Labute approximate surface area is 216 Å². The first-order valence-electron chi connectivity index (χ1n) is 12.2. The number of ether oxygens (including phenoxy) is 2. The molecule has 0 atom stereocenters. The van der Waals surface area contributed by atoms with Crippen molar-refractivity contribution in [3.8, 4) is 11.5 Å². The summed E-state index contributed by atoms with van der Waals surface area (Å²) in [6, 6.07) is 7.19. The van der Waals surface area contributed by atoms with E-state index >= 15 is 0 Å². The number of aromatic amines is 1. The van der Waals surface area contributed by atoms with Gasteiger partial charge in [-0.2, -0.15) is 0 Å². The average molecular weight is 524 g/mol. The van der Waals surface area contributed by atoms with Gasteiger partial charge in [0.2, 0.25) is 18.6 Å². The van der Waals surface area contributed by atoms with Crippen molar-refractivity contribution in [1.29, 1.82) is 0 Å². The van der Waals surface area contributed by atoms with Gasteiger partial charge >= 0.3 is 0 Å². The fraction of sp³-hybridized carbons (Fsp3) is 0.308. The van der Waals surface area contributed by atoms with Gasteiger partial charge in [-0.15, -0.1) is 0 Å². The normalized spacial score (nSPS) is 16.0. The number of carbonyl (C=O) groups is 2. The Balaban J connectivity index is 1.26. The standard InChI is InChI=1S/C26H26FN5O6/c27-18-2-3-20-19(12-18)17(14-30-20)5-8-29-25(34)26(6-9-28-10-7-26)31-24(33)4-1-16-11-22-23(38-15-37-22)13-21(16)32(35)36/h1-4,11-14,28,30H,5-10,15H2,(H,29,34)(H,31,33). The molecule has 11 nitrogen and oxygen atoms in total. The zero-order valence-corrected chi connectivity index (χ0v) is 20.3. The zero-order valence-electron chi connectivity index (χ0n) is 20.3. The van der Waals surface area contributed by atoms with Crippen molar-refractivity contribution in [1.82, 2.24) is 20.9 Å². The summed E-state index contributed by atoms with van der Waals surface area (Å²) in [5.74, 6) is -0.593. The van der Waals surface area contributed by atoms with Crippen LogP contribution in [0.4, 0.5) is 10.1 Å². The lowest BCUT2D eigenvalue weighted by molar-refractivity contribution is -0.385. The second-order valence-electron chi connectivity index (χ2n) is 9.19. The number of nitrogens with one attached hydrogen (secondary N) is 4. The number of rotatable bonds is 8. The number of hydrogen-bond acceptors (Lipinski definition) is 7. The van der Waals surface area contributed by atoms with Gasteiger partial charge in [0.25, 0.3) is 5.69 Å². The van der Waals surface area contributed by atoms with Crippen molar-refractivity contribution in [2.45, 2.75) is 24.8 Å². The quantitative estimate of drug-likeness (QED) is 0.202. The van der Waals surface area contributed by atoms with Gasteiger partial charge in [0.15, 0.2) is 11.5 Å². The predicted octanol–water partition coefficient (Wildman–Crippen LogP) is 2.55. The number of nitro benzene ring substituents is 1. The molecule has 1 aromatic heterocycles. The summed E-state index contributed by atoms with van der Waals surface area (Å²) in [5.41, 5.74) is 0.485. The molecule has 2 amide bonds. The molecule has 38 heavy (non-hydrogen) atoms. The molecule has 4 N–H and O–H groups in total. The molecule has 198 valence electrons. The lowest BCUT2D eigenvalue weighted by Crippen LogP contribution is -2.62. The maximum absolute atomic E-state index is 13.7. The molecule has 5 rings (SSSR count). The number of nitrogens with zero attached hydrogens (tertiary/aromatic N) is 1. The number of nitro groups is 1. The first kappa shape index (κ1) is 25.2. The molecule has 2 aliphatic heterocycles. The molecule has 12 heteroatoms. The van der Waals surface area contributed by atoms with E-state index in [-0.39, 0.29) is 35.5 Å². The Hall–Kier alpha value is -4.45. The molecule has 0 unspecified atom stereocenters. The monoisotopic (exact) mass is 523 g/mol. The van der Waals surface area contributed by atoms with Crippen molar-refractivity contribution in [2.24, 2.45) is 0 Å². The van der Waals surface area contributed by atoms with Crippen molar-refractivity contribution < 1.29 is 28.4 Å². The molecule has 1 fully saturated rings. The zero-order chi connectivity index (χ0) is 26.7. The van der Waals surface area contributed by atoms with Gasteiger partial charge in [-0.3, -0.25) is 19.7 Å². The molecular weight excluding hydrogens is 497 g/mol. The molecule has 3 heterocycles. The van der Waals surface area contributed by atoms with Crippen molar-refractivity contribution in [2.75, 3.05) is 26.4 Å². The van der Waals surface area contributed by atoms with Crippen LogP contribution in [-0.4, -0.2) is 53.7 Å². The molecular formula is C26H26FN5O6. The molecule has 2 aromatic carbocycles. The van der Waals surface area contributed by atoms with Gasteiger partial charge in [-0.1, -0.05) is 0 Å². The first-order valence-corrected chi connectivity index (χ1v) is 12.2. The number of halogens is 1. The SMILES string of the molecule is O=C(C=Cc1cc2c(cc1[N+](=O)[O-])OCO2)NC1(C(=O)NCCc2c[nH]c3ccc(F)cc23)CCNCC1. The minimum atomic E-state index is -1.14. The predicted molar refractivity (Wildman–Crippen MR) is 136 cm³/mol. The highest BCUT2D eigenvalue weighted by Crippen LogP contribution is 2.38. The van der Waals surface area contributed by atoms with E-state index in [0.29, 0.717) is 44.6 Å². The highest BCUT2D eigenvalue weighted by atomic mass is 19.1. The molecule has 0 spiro atoms. The minimum absolute atomic E-state index is 0.0387. The third kappa shape index (κ3) is 5.16. The van der Waals surface area contributed by atoms with Crippen LogP contribution in [-0.2, 0) is 16.0 Å². The minimum Gasteiger partial charge on any atom is -0.454 e. The second-order valence-corrected chi connectivity index (χ2v) is 9.19. The van der Waals surface area contributed by atoms with Crippen LogP contribution >= 0.6 is 0 Å². The number of fused-ring (bicyclic) bond motifs is 2. The van der Waals surface area contributed by atoms with E-state index in [0.717, 1.165) is 16.5 Å². The van der Waals surface area contributed by atoms with Crippen LogP contribution in [0.5, 0.6) is 11.5 Å². The van der Waals surface area contributed by atoms with E-state index in [4.69, 9.17) is 9.47 Å². The Morgan fingerprint density at radius 1 is 1.16 bits per heavy atom. The number of hydrogen-bond donors (Lipinski definition) is 4. The van der Waals surface area contributed by atoms with E-state index in [9.17, 15) is 24.1 Å². The van der Waals surface area contributed by atoms with Gasteiger partial charge in [0.1, 0.15) is 11.4 Å². The molecule has 3 aromatic rings. The summed E-state index contributed by atoms with van der Waals surface area (Å²) >= 11 is 0. The van der Waals surface area contributed by atoms with E-state index in [1.165, 1.54) is 36.4 Å². The maximum atomic E-state index is 13.7. The molecule has 0 saturated carbocycles. The number of piperidine rings is 1. The van der Waals surface area contributed by atoms with Crippen LogP contribution in [0.15, 0.2) is 42.6 Å². The smallest absolute Gasteiger partial charge is 0.280 e. The Morgan fingerprint density at radius 2 is 1.92 bits per heavy atom. The number of amides is 2. The van der Waals surface area contributed by atoms with Crippen LogP contribution in [0.2, 0.25) is 0 Å². The van der Waals surface area contributed by atoms with Gasteiger partial charge in [0.05, 0.1) is 16.6 Å². The lowest BCUT2D eigenvalue weighted by atomic mass is 9.87. The number of benzene rings is 2. The van der Waals surface area contributed by atoms with Crippen LogP contribution in [0.1, 0.15) is 24.0 Å². The Kier molecular flexibility index (Phi) is 6.97. The van der Waals surface area contributed by atoms with Gasteiger partial charge in [-0.05, 0) is 68.3 Å². The maximum Gasteiger partial charge on any atom is 0.280 e. The summed E-state index contributed by atoms with van der Waals surface area (Å²) in [6.45, 7) is 1.33. The van der Waals surface area contributed by atoms with Crippen LogP contribution < -0.4 is 25.4 Å². The molecule has 0 radical (unpaired) electrons. The first-order chi connectivity index (χ1) is 18.3. The molecule has 0 aliphatic carbocycles. The summed E-state index contributed by atoms with van der Waals surface area (Å²) < 4.78 is 24.1. The highest BCUT2D eigenvalue weighted by molar-refractivity contribution is 5.98. The fourth-order valence-corrected chi connectivity index (χ4v) is 4.78. The number of carbonyl (C=O) groups excluding carboxylic acids is 2.